The molecule has 0 atom stereocenters. The van der Waals surface area contributed by atoms with Crippen molar-refractivity contribution in [2.45, 2.75) is 5.33 Å². The van der Waals surface area contributed by atoms with Gasteiger partial charge in [-0.2, -0.15) is 5.26 Å². The van der Waals surface area contributed by atoms with Gasteiger partial charge in [-0.1, -0.05) is 15.9 Å². The highest BCUT2D eigenvalue weighted by Crippen LogP contribution is 2.27. The van der Waals surface area contributed by atoms with Gasteiger partial charge < -0.3 is 4.74 Å². The maximum Gasteiger partial charge on any atom is 0.125 e. The van der Waals surface area contributed by atoms with Crippen molar-refractivity contribution in [3.8, 4) is 11.8 Å². The summed E-state index contributed by atoms with van der Waals surface area (Å²) >= 11 is 5.50. The monoisotopic (exact) mass is 351 g/mol. The first kappa shape index (κ1) is 10.8. The predicted octanol–water partition coefficient (Wildman–Crippen LogP) is 3.07. The van der Waals surface area contributed by atoms with Gasteiger partial charge in [0.1, 0.15) is 5.75 Å². The lowest BCUT2D eigenvalue weighted by molar-refractivity contribution is 0.411. The summed E-state index contributed by atoms with van der Waals surface area (Å²) < 4.78 is 6.18. The van der Waals surface area contributed by atoms with Crippen molar-refractivity contribution in [2.24, 2.45) is 0 Å². The first-order valence-corrected chi connectivity index (χ1v) is 5.75. The van der Waals surface area contributed by atoms with Crippen LogP contribution < -0.4 is 4.74 Å². The molecule has 0 fully saturated rings. The summed E-state index contributed by atoms with van der Waals surface area (Å²) in [5, 5.41) is 9.50. The molecule has 0 N–H and O–H groups in total. The molecule has 4 heteroatoms. The molecule has 0 heterocycles. The molecular weight excluding hydrogens is 345 g/mol. The molecular formula is C9H7BrINO. The Bertz CT molecular complexity index is 359. The third-order valence-corrected chi connectivity index (χ3v) is 2.83. The van der Waals surface area contributed by atoms with E-state index in [-0.39, 0.29) is 0 Å². The number of ether oxygens (including phenoxy) is 1. The van der Waals surface area contributed by atoms with E-state index < -0.39 is 0 Å². The zero-order chi connectivity index (χ0) is 9.84. The standard InChI is InChI=1S/C9H7BrINO/c1-13-9-3-7(11)2-6(5-12)8(9)4-10/h2-3H,4H2,1H3. The van der Waals surface area contributed by atoms with Crippen molar-refractivity contribution in [3.05, 3.63) is 26.8 Å². The summed E-state index contributed by atoms with van der Waals surface area (Å²) in [6.45, 7) is 0. The lowest BCUT2D eigenvalue weighted by Crippen LogP contribution is -1.94. The number of nitrogens with zero attached hydrogens (tertiary/aromatic N) is 1. The van der Waals surface area contributed by atoms with Gasteiger partial charge in [-0.25, -0.2) is 0 Å². The van der Waals surface area contributed by atoms with Crippen LogP contribution in [0.25, 0.3) is 0 Å². The summed E-state index contributed by atoms with van der Waals surface area (Å²) in [6.07, 6.45) is 0. The highest BCUT2D eigenvalue weighted by atomic mass is 127. The first-order valence-electron chi connectivity index (χ1n) is 3.55. The predicted molar refractivity (Wildman–Crippen MR) is 63.1 cm³/mol. The quantitative estimate of drug-likeness (QED) is 0.606. The van der Waals surface area contributed by atoms with E-state index in [0.717, 1.165) is 14.9 Å². The lowest BCUT2D eigenvalue weighted by Gasteiger charge is -2.07. The van der Waals surface area contributed by atoms with E-state index in [2.05, 4.69) is 44.6 Å². The molecule has 68 valence electrons. The van der Waals surface area contributed by atoms with Crippen LogP contribution in [0.1, 0.15) is 11.1 Å². The summed E-state index contributed by atoms with van der Waals surface area (Å²) in [5.41, 5.74) is 1.58. The van der Waals surface area contributed by atoms with E-state index in [1.54, 1.807) is 7.11 Å². The minimum atomic E-state index is 0.635. The Hall–Kier alpha value is -0.280. The Kier molecular flexibility index (Phi) is 4.00. The van der Waals surface area contributed by atoms with Crippen molar-refractivity contribution in [3.63, 3.8) is 0 Å². The average Bonchev–Trinajstić information content (AvgIpc) is 2.16. The molecule has 2 nitrogen and oxygen atoms in total. The van der Waals surface area contributed by atoms with Crippen LogP contribution in [-0.2, 0) is 5.33 Å². The molecule has 0 spiro atoms. The zero-order valence-corrected chi connectivity index (χ0v) is 10.7. The van der Waals surface area contributed by atoms with E-state index in [4.69, 9.17) is 10.00 Å². The molecule has 0 unspecified atom stereocenters. The molecule has 1 aromatic carbocycles. The zero-order valence-electron chi connectivity index (χ0n) is 6.97. The molecule has 1 aromatic rings. The van der Waals surface area contributed by atoms with Gasteiger partial charge in [-0.05, 0) is 34.7 Å². The van der Waals surface area contributed by atoms with Crippen LogP contribution in [0, 0.1) is 14.9 Å². The summed E-state index contributed by atoms with van der Waals surface area (Å²) in [4.78, 5) is 0. The van der Waals surface area contributed by atoms with Crippen LogP contribution >= 0.6 is 38.5 Å². The fraction of sp³-hybridized carbons (Fsp3) is 0.222. The van der Waals surface area contributed by atoms with Gasteiger partial charge in [-0.3, -0.25) is 0 Å². The molecule has 0 saturated heterocycles. The van der Waals surface area contributed by atoms with Gasteiger partial charge >= 0.3 is 0 Å². The van der Waals surface area contributed by atoms with E-state index in [1.807, 2.05) is 12.1 Å². The molecule has 13 heavy (non-hydrogen) atoms. The number of nitriles is 1. The van der Waals surface area contributed by atoms with Crippen molar-refractivity contribution in [2.75, 3.05) is 7.11 Å². The highest BCUT2D eigenvalue weighted by molar-refractivity contribution is 14.1. The molecule has 0 bridgehead atoms. The number of hydrogen-bond donors (Lipinski definition) is 0. The van der Waals surface area contributed by atoms with E-state index in [0.29, 0.717) is 10.9 Å². The van der Waals surface area contributed by atoms with E-state index in [1.165, 1.54) is 0 Å². The molecule has 0 aliphatic heterocycles. The van der Waals surface area contributed by atoms with Crippen molar-refractivity contribution in [1.29, 1.82) is 5.26 Å². The van der Waals surface area contributed by atoms with Crippen LogP contribution in [0.4, 0.5) is 0 Å². The molecule has 0 aliphatic carbocycles. The molecule has 1 rings (SSSR count). The summed E-state index contributed by atoms with van der Waals surface area (Å²) in [6, 6.07) is 5.91. The van der Waals surface area contributed by atoms with Gasteiger partial charge in [0.05, 0.1) is 18.7 Å². The Morgan fingerprint density at radius 2 is 2.31 bits per heavy atom. The molecule has 0 saturated carbocycles. The number of rotatable bonds is 2. The van der Waals surface area contributed by atoms with Gasteiger partial charge in [-0.15, -0.1) is 0 Å². The van der Waals surface area contributed by atoms with Gasteiger partial charge in [0.15, 0.2) is 0 Å². The minimum absolute atomic E-state index is 0.635. The second kappa shape index (κ2) is 4.82. The van der Waals surface area contributed by atoms with Gasteiger partial charge in [0.25, 0.3) is 0 Å². The minimum Gasteiger partial charge on any atom is -0.496 e. The van der Waals surface area contributed by atoms with Gasteiger partial charge in [0, 0.05) is 14.5 Å². The molecule has 0 amide bonds. The van der Waals surface area contributed by atoms with Crippen molar-refractivity contribution < 1.29 is 4.74 Å². The number of benzene rings is 1. The Morgan fingerprint density at radius 3 is 2.77 bits per heavy atom. The molecule has 0 aliphatic rings. The van der Waals surface area contributed by atoms with Crippen LogP contribution in [0.3, 0.4) is 0 Å². The van der Waals surface area contributed by atoms with E-state index >= 15 is 0 Å². The van der Waals surface area contributed by atoms with Crippen LogP contribution in [-0.4, -0.2) is 7.11 Å². The Morgan fingerprint density at radius 1 is 1.62 bits per heavy atom. The smallest absolute Gasteiger partial charge is 0.125 e. The fourth-order valence-electron chi connectivity index (χ4n) is 1.03. The third-order valence-electron chi connectivity index (χ3n) is 1.65. The largest absolute Gasteiger partial charge is 0.496 e. The summed E-state index contributed by atoms with van der Waals surface area (Å²) in [5.74, 6) is 0.764. The third kappa shape index (κ3) is 2.35. The second-order valence-corrected chi connectivity index (χ2v) is 4.19. The average molecular weight is 352 g/mol. The van der Waals surface area contributed by atoms with Crippen molar-refractivity contribution >= 4 is 38.5 Å². The number of halogens is 2. The first-order chi connectivity index (χ1) is 6.22. The van der Waals surface area contributed by atoms with Crippen molar-refractivity contribution in [1.82, 2.24) is 0 Å². The van der Waals surface area contributed by atoms with Gasteiger partial charge in [0.2, 0.25) is 0 Å². The SMILES string of the molecule is COc1cc(I)cc(C#N)c1CBr. The second-order valence-electron chi connectivity index (χ2n) is 2.38. The number of methoxy groups -OCH3 is 1. The molecule has 0 radical (unpaired) electrons. The van der Waals surface area contributed by atoms with Crippen LogP contribution in [0.5, 0.6) is 5.75 Å². The maximum atomic E-state index is 8.86. The normalized spacial score (nSPS) is 9.38. The van der Waals surface area contributed by atoms with E-state index in [9.17, 15) is 0 Å². The Balaban J connectivity index is 3.36. The van der Waals surface area contributed by atoms with Crippen LogP contribution in [0.15, 0.2) is 12.1 Å². The lowest BCUT2D eigenvalue weighted by atomic mass is 10.1. The summed E-state index contributed by atoms with van der Waals surface area (Å²) in [7, 11) is 1.61. The Labute approximate surface area is 99.2 Å². The fourth-order valence-corrected chi connectivity index (χ4v) is 2.20. The maximum absolute atomic E-state index is 8.86. The highest BCUT2D eigenvalue weighted by Gasteiger charge is 2.08. The molecule has 0 aromatic heterocycles. The number of hydrogen-bond acceptors (Lipinski definition) is 2. The van der Waals surface area contributed by atoms with Crippen LogP contribution in [0.2, 0.25) is 0 Å². The number of alkyl halides is 1. The topological polar surface area (TPSA) is 33.0 Å².